The molecular formula is C14H34O2Si2. The van der Waals surface area contributed by atoms with E-state index in [0.29, 0.717) is 6.61 Å². The Balaban J connectivity index is 3.99. The SMILES string of the molecule is CO[Si](C)(C)C(C)[Si](C)(C)CCCCCCCO. The first-order valence-corrected chi connectivity index (χ1v) is 13.7. The highest BCUT2D eigenvalue weighted by Crippen LogP contribution is 2.35. The molecule has 0 amide bonds. The van der Waals surface area contributed by atoms with Gasteiger partial charge in [0, 0.05) is 21.8 Å². The van der Waals surface area contributed by atoms with Crippen LogP contribution in [0, 0.1) is 0 Å². The van der Waals surface area contributed by atoms with Gasteiger partial charge in [-0.1, -0.05) is 51.7 Å². The van der Waals surface area contributed by atoms with E-state index in [4.69, 9.17) is 9.53 Å². The van der Waals surface area contributed by atoms with E-state index in [0.717, 1.165) is 11.6 Å². The largest absolute Gasteiger partial charge is 0.420 e. The molecule has 0 aliphatic carbocycles. The zero-order valence-corrected chi connectivity index (χ0v) is 15.4. The summed E-state index contributed by atoms with van der Waals surface area (Å²) < 4.78 is 5.79. The minimum absolute atomic E-state index is 0.352. The van der Waals surface area contributed by atoms with Crippen LogP contribution in [0.25, 0.3) is 0 Å². The topological polar surface area (TPSA) is 29.5 Å². The van der Waals surface area contributed by atoms with Gasteiger partial charge in [-0.15, -0.1) is 0 Å². The second-order valence-electron chi connectivity index (χ2n) is 6.76. The summed E-state index contributed by atoms with van der Waals surface area (Å²) in [5.41, 5.74) is 0. The van der Waals surface area contributed by atoms with Gasteiger partial charge in [-0.3, -0.25) is 0 Å². The second kappa shape index (κ2) is 8.51. The molecule has 0 saturated heterocycles. The highest BCUT2D eigenvalue weighted by Gasteiger charge is 2.40. The Morgan fingerprint density at radius 3 is 1.94 bits per heavy atom. The molecule has 0 heterocycles. The van der Waals surface area contributed by atoms with Crippen LogP contribution in [0.1, 0.15) is 39.0 Å². The predicted molar refractivity (Wildman–Crippen MR) is 86.4 cm³/mol. The van der Waals surface area contributed by atoms with Gasteiger partial charge in [0.05, 0.1) is 0 Å². The normalized spacial score (nSPS) is 14.8. The molecule has 0 bridgehead atoms. The van der Waals surface area contributed by atoms with Gasteiger partial charge in [0.2, 0.25) is 0 Å². The van der Waals surface area contributed by atoms with Crippen molar-refractivity contribution >= 4 is 16.4 Å². The fourth-order valence-corrected chi connectivity index (χ4v) is 12.8. The maximum Gasteiger partial charge on any atom is 0.186 e. The molecule has 0 fully saturated rings. The molecular weight excluding hydrogens is 256 g/mol. The smallest absolute Gasteiger partial charge is 0.186 e. The van der Waals surface area contributed by atoms with E-state index in [1.807, 2.05) is 7.11 Å². The van der Waals surface area contributed by atoms with Crippen LogP contribution < -0.4 is 0 Å². The third-order valence-electron chi connectivity index (χ3n) is 4.72. The fourth-order valence-electron chi connectivity index (χ4n) is 2.56. The average molecular weight is 291 g/mol. The summed E-state index contributed by atoms with van der Waals surface area (Å²) in [5, 5.41) is 9.55. The van der Waals surface area contributed by atoms with Crippen LogP contribution in [0.2, 0.25) is 37.4 Å². The Morgan fingerprint density at radius 1 is 0.944 bits per heavy atom. The van der Waals surface area contributed by atoms with Crippen molar-refractivity contribution < 1.29 is 9.53 Å². The van der Waals surface area contributed by atoms with Crippen molar-refractivity contribution in [3.63, 3.8) is 0 Å². The number of hydrogen-bond donors (Lipinski definition) is 1. The molecule has 18 heavy (non-hydrogen) atoms. The molecule has 0 rings (SSSR count). The zero-order valence-electron chi connectivity index (χ0n) is 13.4. The highest BCUT2D eigenvalue weighted by atomic mass is 28.4. The summed E-state index contributed by atoms with van der Waals surface area (Å²) in [7, 11) is -0.722. The van der Waals surface area contributed by atoms with Gasteiger partial charge in [-0.05, 0) is 24.7 Å². The standard InChI is InChI=1S/C14H34O2Si2/c1-14(18(5,6)16-2)17(3,4)13-11-9-7-8-10-12-15/h14-15H,7-13H2,1-6H3. The van der Waals surface area contributed by atoms with Gasteiger partial charge >= 0.3 is 0 Å². The molecule has 0 aliphatic rings. The maximum absolute atomic E-state index is 8.74. The van der Waals surface area contributed by atoms with Crippen LogP contribution in [-0.4, -0.2) is 35.2 Å². The van der Waals surface area contributed by atoms with Gasteiger partial charge in [0.15, 0.2) is 8.32 Å². The molecule has 0 saturated carbocycles. The van der Waals surface area contributed by atoms with Crippen molar-refractivity contribution in [1.82, 2.24) is 0 Å². The molecule has 0 aromatic heterocycles. The quantitative estimate of drug-likeness (QED) is 0.477. The molecule has 4 heteroatoms. The highest BCUT2D eigenvalue weighted by molar-refractivity contribution is 6.94. The second-order valence-corrected chi connectivity index (χ2v) is 17.2. The van der Waals surface area contributed by atoms with E-state index >= 15 is 0 Å². The molecule has 0 aromatic carbocycles. The first kappa shape index (κ1) is 18.4. The van der Waals surface area contributed by atoms with E-state index in [-0.39, 0.29) is 0 Å². The number of hydrogen-bond acceptors (Lipinski definition) is 2. The number of aliphatic hydroxyl groups is 1. The van der Waals surface area contributed by atoms with Gasteiger partial charge < -0.3 is 9.53 Å². The molecule has 2 nitrogen and oxygen atoms in total. The third-order valence-corrected chi connectivity index (χ3v) is 16.3. The minimum atomic E-state index is -1.47. The number of unbranched alkanes of at least 4 members (excludes halogenated alkanes) is 4. The molecule has 110 valence electrons. The Kier molecular flexibility index (Phi) is 8.68. The van der Waals surface area contributed by atoms with Crippen LogP contribution in [-0.2, 0) is 4.43 Å². The summed E-state index contributed by atoms with van der Waals surface area (Å²) in [4.78, 5) is 0. The lowest BCUT2D eigenvalue weighted by atomic mass is 10.2. The van der Waals surface area contributed by atoms with Gasteiger partial charge in [0.1, 0.15) is 0 Å². The van der Waals surface area contributed by atoms with Crippen LogP contribution in [0.15, 0.2) is 0 Å². The first-order chi connectivity index (χ1) is 8.28. The molecule has 1 atom stereocenters. The molecule has 0 aliphatic heterocycles. The summed E-state index contributed by atoms with van der Waals surface area (Å²) in [5.74, 6) is 0. The lowest BCUT2D eigenvalue weighted by Crippen LogP contribution is -2.47. The average Bonchev–Trinajstić information content (AvgIpc) is 2.32. The van der Waals surface area contributed by atoms with Crippen LogP contribution in [0.3, 0.4) is 0 Å². The van der Waals surface area contributed by atoms with Gasteiger partial charge in [-0.2, -0.15) is 0 Å². The van der Waals surface area contributed by atoms with Crippen molar-refractivity contribution in [2.24, 2.45) is 0 Å². The lowest BCUT2D eigenvalue weighted by Gasteiger charge is -2.38. The molecule has 0 aromatic rings. The number of aliphatic hydroxyl groups excluding tert-OH is 1. The third kappa shape index (κ3) is 6.50. The Morgan fingerprint density at radius 2 is 1.44 bits per heavy atom. The lowest BCUT2D eigenvalue weighted by molar-refractivity contribution is 0.282. The maximum atomic E-state index is 8.74. The van der Waals surface area contributed by atoms with E-state index in [9.17, 15) is 0 Å². The first-order valence-electron chi connectivity index (χ1n) is 7.44. The van der Waals surface area contributed by atoms with Crippen LogP contribution >= 0.6 is 0 Å². The van der Waals surface area contributed by atoms with Crippen molar-refractivity contribution in [2.75, 3.05) is 13.7 Å². The van der Waals surface area contributed by atoms with Crippen molar-refractivity contribution in [1.29, 1.82) is 0 Å². The van der Waals surface area contributed by atoms with Gasteiger partial charge in [-0.25, -0.2) is 0 Å². The van der Waals surface area contributed by atoms with Crippen molar-refractivity contribution in [3.05, 3.63) is 0 Å². The Bertz CT molecular complexity index is 218. The molecule has 0 spiro atoms. The molecule has 1 N–H and O–H groups in total. The molecule has 0 radical (unpaired) electrons. The molecule has 1 unspecified atom stereocenters. The fraction of sp³-hybridized carbons (Fsp3) is 1.00. The summed E-state index contributed by atoms with van der Waals surface area (Å²) in [6.07, 6.45) is 6.14. The Labute approximate surface area is 116 Å². The van der Waals surface area contributed by atoms with Gasteiger partial charge in [0.25, 0.3) is 0 Å². The summed E-state index contributed by atoms with van der Waals surface area (Å²) in [6, 6.07) is 1.42. The van der Waals surface area contributed by atoms with E-state index in [1.54, 1.807) is 0 Å². The van der Waals surface area contributed by atoms with E-state index in [2.05, 4.69) is 33.1 Å². The minimum Gasteiger partial charge on any atom is -0.420 e. The zero-order chi connectivity index (χ0) is 14.2. The Hall–Kier alpha value is 0.354. The van der Waals surface area contributed by atoms with Crippen LogP contribution in [0.4, 0.5) is 0 Å². The predicted octanol–water partition coefficient (Wildman–Crippen LogP) is 4.42. The summed E-state index contributed by atoms with van der Waals surface area (Å²) in [6.45, 7) is 12.5. The summed E-state index contributed by atoms with van der Waals surface area (Å²) >= 11 is 0. The van der Waals surface area contributed by atoms with Crippen LogP contribution in [0.5, 0.6) is 0 Å². The number of rotatable bonds is 10. The van der Waals surface area contributed by atoms with E-state index < -0.39 is 16.4 Å². The van der Waals surface area contributed by atoms with E-state index in [1.165, 1.54) is 31.7 Å². The van der Waals surface area contributed by atoms with Crippen molar-refractivity contribution in [3.8, 4) is 0 Å². The monoisotopic (exact) mass is 290 g/mol. The van der Waals surface area contributed by atoms with Crippen molar-refractivity contribution in [2.45, 2.75) is 76.4 Å².